The topological polar surface area (TPSA) is 64.6 Å². The maximum absolute atomic E-state index is 11.5. The van der Waals surface area contributed by atoms with E-state index < -0.39 is 9.84 Å². The average molecular weight is 396 g/mol. The summed E-state index contributed by atoms with van der Waals surface area (Å²) in [7, 11) is -1.27. The largest absolute Gasteiger partial charge is 0.493 e. The van der Waals surface area contributed by atoms with Crippen molar-refractivity contribution in [2.75, 3.05) is 18.6 Å². The summed E-state index contributed by atoms with van der Waals surface area (Å²) in [6, 6.07) is 13.3. The molecule has 0 bridgehead atoms. The van der Waals surface area contributed by atoms with Crippen LogP contribution in [0.3, 0.4) is 0 Å². The summed E-state index contributed by atoms with van der Waals surface area (Å²) < 4.78 is 34.3. The first-order valence-electron chi connectivity index (χ1n) is 8.43. The molecule has 26 heavy (non-hydrogen) atoms. The highest BCUT2D eigenvalue weighted by molar-refractivity contribution is 7.91. The van der Waals surface area contributed by atoms with Crippen molar-refractivity contribution in [3.8, 4) is 11.5 Å². The molecular weight excluding hydrogens is 374 g/mol. The lowest BCUT2D eigenvalue weighted by atomic mass is 10.1. The molecule has 3 rings (SSSR count). The van der Waals surface area contributed by atoms with Gasteiger partial charge in [-0.1, -0.05) is 29.8 Å². The molecule has 0 spiro atoms. The fourth-order valence-electron chi connectivity index (χ4n) is 2.90. The third-order valence-corrected chi connectivity index (χ3v) is 6.38. The maximum Gasteiger partial charge on any atom is 0.161 e. The lowest BCUT2D eigenvalue weighted by Crippen LogP contribution is -2.29. The fourth-order valence-corrected chi connectivity index (χ4v) is 4.73. The minimum atomic E-state index is -2.87. The van der Waals surface area contributed by atoms with E-state index in [9.17, 15) is 8.42 Å². The van der Waals surface area contributed by atoms with Gasteiger partial charge in [-0.2, -0.15) is 0 Å². The molecule has 0 amide bonds. The van der Waals surface area contributed by atoms with E-state index in [0.29, 0.717) is 36.1 Å². The Balaban J connectivity index is 1.59. The van der Waals surface area contributed by atoms with Gasteiger partial charge in [-0.05, 0) is 41.8 Å². The van der Waals surface area contributed by atoms with Crippen molar-refractivity contribution in [3.63, 3.8) is 0 Å². The van der Waals surface area contributed by atoms with E-state index in [-0.39, 0.29) is 17.5 Å². The summed E-state index contributed by atoms with van der Waals surface area (Å²) in [6.45, 7) is 1.01. The first kappa shape index (κ1) is 19.0. The Kier molecular flexibility index (Phi) is 6.06. The number of ether oxygens (including phenoxy) is 2. The quantitative estimate of drug-likeness (QED) is 0.779. The van der Waals surface area contributed by atoms with E-state index >= 15 is 0 Å². The molecule has 1 heterocycles. The van der Waals surface area contributed by atoms with E-state index in [1.807, 2.05) is 42.5 Å². The van der Waals surface area contributed by atoms with Crippen LogP contribution in [-0.4, -0.2) is 33.1 Å². The number of halogens is 1. The molecule has 2 aromatic rings. The molecule has 1 N–H and O–H groups in total. The lowest BCUT2D eigenvalue weighted by molar-refractivity contribution is 0.284. The van der Waals surface area contributed by atoms with Gasteiger partial charge >= 0.3 is 0 Å². The maximum atomic E-state index is 11.5. The molecule has 0 aromatic heterocycles. The van der Waals surface area contributed by atoms with Crippen LogP contribution in [0.2, 0.25) is 5.02 Å². The SMILES string of the molecule is COc1cc(CNC2CCS(=O)(=O)C2)ccc1OCc1ccc(Cl)cc1. The summed E-state index contributed by atoms with van der Waals surface area (Å²) in [5.41, 5.74) is 2.04. The van der Waals surface area contributed by atoms with E-state index in [2.05, 4.69) is 5.32 Å². The summed E-state index contributed by atoms with van der Waals surface area (Å²) in [6.07, 6.45) is 0.668. The van der Waals surface area contributed by atoms with Gasteiger partial charge in [-0.25, -0.2) is 8.42 Å². The van der Waals surface area contributed by atoms with Crippen LogP contribution >= 0.6 is 11.6 Å². The zero-order chi connectivity index (χ0) is 18.6. The van der Waals surface area contributed by atoms with E-state index in [4.69, 9.17) is 21.1 Å². The highest BCUT2D eigenvalue weighted by Gasteiger charge is 2.27. The van der Waals surface area contributed by atoms with Crippen molar-refractivity contribution in [2.24, 2.45) is 0 Å². The van der Waals surface area contributed by atoms with Gasteiger partial charge in [-0.3, -0.25) is 0 Å². The van der Waals surface area contributed by atoms with Crippen LogP contribution in [0.5, 0.6) is 11.5 Å². The molecule has 2 aromatic carbocycles. The molecule has 0 aliphatic carbocycles. The highest BCUT2D eigenvalue weighted by atomic mass is 35.5. The second-order valence-corrected chi connectivity index (χ2v) is 9.05. The second kappa shape index (κ2) is 8.29. The lowest BCUT2D eigenvalue weighted by Gasteiger charge is -2.14. The Hall–Kier alpha value is -1.76. The summed E-state index contributed by atoms with van der Waals surface area (Å²) in [5, 5.41) is 3.99. The van der Waals surface area contributed by atoms with Crippen LogP contribution in [0.15, 0.2) is 42.5 Å². The van der Waals surface area contributed by atoms with Gasteiger partial charge in [0.1, 0.15) is 6.61 Å². The van der Waals surface area contributed by atoms with Crippen molar-refractivity contribution in [2.45, 2.75) is 25.6 Å². The van der Waals surface area contributed by atoms with Crippen molar-refractivity contribution < 1.29 is 17.9 Å². The molecule has 140 valence electrons. The molecule has 1 fully saturated rings. The monoisotopic (exact) mass is 395 g/mol. The van der Waals surface area contributed by atoms with Gasteiger partial charge < -0.3 is 14.8 Å². The molecule has 7 heteroatoms. The third-order valence-electron chi connectivity index (χ3n) is 4.36. The first-order valence-corrected chi connectivity index (χ1v) is 10.6. The summed E-state index contributed by atoms with van der Waals surface area (Å²) in [4.78, 5) is 0. The molecule has 1 atom stereocenters. The summed E-state index contributed by atoms with van der Waals surface area (Å²) >= 11 is 5.89. The number of benzene rings is 2. The normalized spacial score (nSPS) is 18.6. The van der Waals surface area contributed by atoms with E-state index in [1.54, 1.807) is 7.11 Å². The van der Waals surface area contributed by atoms with Crippen LogP contribution in [0.1, 0.15) is 17.5 Å². The zero-order valence-electron chi connectivity index (χ0n) is 14.6. The van der Waals surface area contributed by atoms with Crippen LogP contribution in [-0.2, 0) is 23.0 Å². The Bertz CT molecular complexity index is 852. The minimum absolute atomic E-state index is 0.0202. The molecule has 1 aliphatic rings. The number of methoxy groups -OCH3 is 1. The molecule has 0 radical (unpaired) electrons. The van der Waals surface area contributed by atoms with E-state index in [1.165, 1.54) is 0 Å². The van der Waals surface area contributed by atoms with Crippen LogP contribution < -0.4 is 14.8 Å². The number of sulfone groups is 1. The minimum Gasteiger partial charge on any atom is -0.493 e. The second-order valence-electron chi connectivity index (χ2n) is 6.38. The number of rotatable bonds is 7. The molecule has 1 saturated heterocycles. The van der Waals surface area contributed by atoms with Crippen LogP contribution in [0.4, 0.5) is 0 Å². The highest BCUT2D eigenvalue weighted by Crippen LogP contribution is 2.29. The van der Waals surface area contributed by atoms with Crippen LogP contribution in [0.25, 0.3) is 0 Å². The van der Waals surface area contributed by atoms with Crippen molar-refractivity contribution >= 4 is 21.4 Å². The number of hydrogen-bond acceptors (Lipinski definition) is 5. The van der Waals surface area contributed by atoms with Gasteiger partial charge in [-0.15, -0.1) is 0 Å². The third kappa shape index (κ3) is 5.13. The fraction of sp³-hybridized carbons (Fsp3) is 0.368. The predicted molar refractivity (Wildman–Crippen MR) is 103 cm³/mol. The molecule has 0 saturated carbocycles. The van der Waals surface area contributed by atoms with Crippen molar-refractivity contribution in [1.82, 2.24) is 5.32 Å². The zero-order valence-corrected chi connectivity index (χ0v) is 16.1. The molecule has 1 unspecified atom stereocenters. The Morgan fingerprint density at radius 3 is 2.50 bits per heavy atom. The number of nitrogens with one attached hydrogen (secondary N) is 1. The van der Waals surface area contributed by atoms with Gasteiger partial charge in [0.2, 0.25) is 0 Å². The van der Waals surface area contributed by atoms with Gasteiger partial charge in [0.15, 0.2) is 21.3 Å². The van der Waals surface area contributed by atoms with Crippen molar-refractivity contribution in [3.05, 3.63) is 58.6 Å². The van der Waals surface area contributed by atoms with Crippen LogP contribution in [0, 0.1) is 0 Å². The Morgan fingerprint density at radius 1 is 1.12 bits per heavy atom. The predicted octanol–water partition coefficient (Wildman–Crippen LogP) is 3.20. The summed E-state index contributed by atoms with van der Waals surface area (Å²) in [5.74, 6) is 1.80. The van der Waals surface area contributed by atoms with Gasteiger partial charge in [0, 0.05) is 17.6 Å². The van der Waals surface area contributed by atoms with Gasteiger partial charge in [0.25, 0.3) is 0 Å². The average Bonchev–Trinajstić information content (AvgIpc) is 2.98. The smallest absolute Gasteiger partial charge is 0.161 e. The Labute approximate surface area is 159 Å². The number of hydrogen-bond donors (Lipinski definition) is 1. The molecule has 1 aliphatic heterocycles. The molecular formula is C19H22ClNO4S. The molecule has 5 nitrogen and oxygen atoms in total. The Morgan fingerprint density at radius 2 is 1.85 bits per heavy atom. The van der Waals surface area contributed by atoms with E-state index in [0.717, 1.165) is 11.1 Å². The first-order chi connectivity index (χ1) is 12.4. The van der Waals surface area contributed by atoms with Gasteiger partial charge in [0.05, 0.1) is 18.6 Å². The van der Waals surface area contributed by atoms with Crippen molar-refractivity contribution in [1.29, 1.82) is 0 Å². The standard InChI is InChI=1S/C19H22ClNO4S/c1-24-19-10-15(11-21-17-8-9-26(22,23)13-17)4-7-18(19)25-12-14-2-5-16(20)6-3-14/h2-7,10,17,21H,8-9,11-13H2,1H3.